The van der Waals surface area contributed by atoms with Crippen LogP contribution < -0.4 is 16.4 Å². The summed E-state index contributed by atoms with van der Waals surface area (Å²) in [6.07, 6.45) is 5.06. The van der Waals surface area contributed by atoms with E-state index in [1.807, 2.05) is 0 Å². The fraction of sp³-hybridized carbons (Fsp3) is 0.714. The van der Waals surface area contributed by atoms with Gasteiger partial charge in [-0.3, -0.25) is 4.79 Å². The highest BCUT2D eigenvalue weighted by Gasteiger charge is 2.27. The van der Waals surface area contributed by atoms with Crippen molar-refractivity contribution in [1.82, 2.24) is 10.3 Å². The molecule has 6 nitrogen and oxygen atoms in total. The largest absolute Gasteiger partial charge is 0.396 e. The second-order valence-corrected chi connectivity index (χ2v) is 6.47. The highest BCUT2D eigenvalue weighted by molar-refractivity contribution is 7.18. The average molecular weight is 312 g/mol. The molecule has 0 aromatic carbocycles. The minimum absolute atomic E-state index is 0.0322. The number of nitrogen functional groups attached to an aromatic ring is 1. The van der Waals surface area contributed by atoms with Crippen molar-refractivity contribution in [2.45, 2.75) is 45.1 Å². The zero-order chi connectivity index (χ0) is 15.2. The smallest absolute Gasteiger partial charge is 0.265 e. The molecule has 1 aromatic heterocycles. The fourth-order valence-electron chi connectivity index (χ4n) is 2.65. The molecule has 118 valence electrons. The van der Waals surface area contributed by atoms with Crippen molar-refractivity contribution >= 4 is 28.2 Å². The molecule has 0 radical (unpaired) electrons. The standard InChI is InChI=1S/C14H24N4O2S/c1-2-7-16-14-18-12(15)11(21-14)13(20)17-10-6-4-3-5-9(10)8-19/h9-10,19H,2-8,15H2,1H3,(H,16,18)(H,17,20). The van der Waals surface area contributed by atoms with Gasteiger partial charge < -0.3 is 21.5 Å². The molecule has 1 fully saturated rings. The molecule has 1 aliphatic rings. The van der Waals surface area contributed by atoms with Crippen molar-refractivity contribution < 1.29 is 9.90 Å². The van der Waals surface area contributed by atoms with Crippen LogP contribution in [0.2, 0.25) is 0 Å². The maximum Gasteiger partial charge on any atom is 0.265 e. The number of hydrogen-bond donors (Lipinski definition) is 4. The second-order valence-electron chi connectivity index (χ2n) is 5.47. The lowest BCUT2D eigenvalue weighted by Gasteiger charge is -2.30. The van der Waals surface area contributed by atoms with Gasteiger partial charge in [-0.2, -0.15) is 0 Å². The number of aromatic nitrogens is 1. The topological polar surface area (TPSA) is 100 Å². The summed E-state index contributed by atoms with van der Waals surface area (Å²) in [5.74, 6) is 0.238. The van der Waals surface area contributed by atoms with E-state index in [0.29, 0.717) is 10.0 Å². The molecule has 0 saturated heterocycles. The molecule has 0 spiro atoms. The van der Waals surface area contributed by atoms with E-state index < -0.39 is 0 Å². The SMILES string of the molecule is CCCNc1nc(N)c(C(=O)NC2CCCCC2CO)s1. The Kier molecular flexibility index (Phi) is 5.81. The van der Waals surface area contributed by atoms with Gasteiger partial charge in [-0.05, 0) is 19.3 Å². The van der Waals surface area contributed by atoms with Gasteiger partial charge in [0, 0.05) is 25.1 Å². The first-order valence-electron chi connectivity index (χ1n) is 7.57. The Bertz CT molecular complexity index is 478. The van der Waals surface area contributed by atoms with Crippen molar-refractivity contribution in [2.75, 3.05) is 24.2 Å². The number of thiazole rings is 1. The highest BCUT2D eigenvalue weighted by Crippen LogP contribution is 2.27. The summed E-state index contributed by atoms with van der Waals surface area (Å²) in [5, 5.41) is 16.2. The van der Waals surface area contributed by atoms with Crippen LogP contribution in [-0.2, 0) is 0 Å². The zero-order valence-electron chi connectivity index (χ0n) is 12.4. The van der Waals surface area contributed by atoms with Gasteiger partial charge in [0.15, 0.2) is 5.13 Å². The molecule has 1 heterocycles. The Morgan fingerprint density at radius 3 is 2.95 bits per heavy atom. The molecule has 2 atom stereocenters. The monoisotopic (exact) mass is 312 g/mol. The maximum atomic E-state index is 12.4. The first-order valence-corrected chi connectivity index (χ1v) is 8.39. The number of aliphatic hydroxyl groups is 1. The summed E-state index contributed by atoms with van der Waals surface area (Å²) in [4.78, 5) is 17.0. The van der Waals surface area contributed by atoms with Crippen molar-refractivity contribution in [3.8, 4) is 0 Å². The molecule has 0 bridgehead atoms. The molecule has 1 saturated carbocycles. The molecule has 0 aliphatic heterocycles. The molecule has 1 aromatic rings. The normalized spacial score (nSPS) is 22.0. The summed E-state index contributed by atoms with van der Waals surface area (Å²) < 4.78 is 0. The second kappa shape index (κ2) is 7.61. The molecule has 7 heteroatoms. The summed E-state index contributed by atoms with van der Waals surface area (Å²) >= 11 is 1.28. The molecule has 21 heavy (non-hydrogen) atoms. The molecule has 1 amide bonds. The summed E-state index contributed by atoms with van der Waals surface area (Å²) in [6, 6.07) is 0.0322. The van der Waals surface area contributed by atoms with Crippen molar-refractivity contribution in [3.05, 3.63) is 4.88 Å². The number of hydrogen-bond acceptors (Lipinski definition) is 6. The van der Waals surface area contributed by atoms with E-state index in [1.165, 1.54) is 11.3 Å². The summed E-state index contributed by atoms with van der Waals surface area (Å²) in [5.41, 5.74) is 5.84. The predicted molar refractivity (Wildman–Crippen MR) is 85.6 cm³/mol. The van der Waals surface area contributed by atoms with E-state index >= 15 is 0 Å². The lowest BCUT2D eigenvalue weighted by Crippen LogP contribution is -2.43. The minimum atomic E-state index is -0.181. The number of nitrogens with two attached hydrogens (primary N) is 1. The van der Waals surface area contributed by atoms with Crippen LogP contribution >= 0.6 is 11.3 Å². The number of carbonyl (C=O) groups is 1. The number of anilines is 2. The number of nitrogens with zero attached hydrogens (tertiary/aromatic N) is 1. The third kappa shape index (κ3) is 4.07. The van der Waals surface area contributed by atoms with Gasteiger partial charge in [0.25, 0.3) is 5.91 Å². The Morgan fingerprint density at radius 1 is 1.48 bits per heavy atom. The van der Waals surface area contributed by atoms with Crippen molar-refractivity contribution in [1.29, 1.82) is 0 Å². The van der Waals surface area contributed by atoms with E-state index in [9.17, 15) is 9.90 Å². The minimum Gasteiger partial charge on any atom is -0.396 e. The van der Waals surface area contributed by atoms with E-state index in [4.69, 9.17) is 5.73 Å². The number of aliphatic hydroxyl groups excluding tert-OH is 1. The average Bonchev–Trinajstić information content (AvgIpc) is 2.86. The van der Waals surface area contributed by atoms with Gasteiger partial charge in [0.1, 0.15) is 10.7 Å². The van der Waals surface area contributed by atoms with Crippen LogP contribution in [0.25, 0.3) is 0 Å². The lowest BCUT2D eigenvalue weighted by atomic mass is 9.85. The van der Waals surface area contributed by atoms with Gasteiger partial charge in [-0.25, -0.2) is 4.98 Å². The van der Waals surface area contributed by atoms with Crippen LogP contribution in [-0.4, -0.2) is 35.2 Å². The van der Waals surface area contributed by atoms with Crippen molar-refractivity contribution in [2.24, 2.45) is 5.92 Å². The van der Waals surface area contributed by atoms with E-state index in [0.717, 1.165) is 38.6 Å². The van der Waals surface area contributed by atoms with Gasteiger partial charge >= 0.3 is 0 Å². The molecular weight excluding hydrogens is 288 g/mol. The third-order valence-electron chi connectivity index (χ3n) is 3.85. The van der Waals surface area contributed by atoms with Crippen LogP contribution in [0.4, 0.5) is 10.9 Å². The number of amides is 1. The van der Waals surface area contributed by atoms with E-state index in [2.05, 4.69) is 22.5 Å². The summed E-state index contributed by atoms with van der Waals surface area (Å²) in [7, 11) is 0. The molecule has 2 rings (SSSR count). The Hall–Kier alpha value is -1.34. The van der Waals surface area contributed by atoms with Crippen LogP contribution in [0.1, 0.15) is 48.7 Å². The van der Waals surface area contributed by atoms with Crippen LogP contribution in [0.15, 0.2) is 0 Å². The first kappa shape index (κ1) is 16.0. The van der Waals surface area contributed by atoms with Crippen LogP contribution in [0.3, 0.4) is 0 Å². The Morgan fingerprint density at radius 2 is 2.24 bits per heavy atom. The van der Waals surface area contributed by atoms with E-state index in [1.54, 1.807) is 0 Å². The molecule has 1 aliphatic carbocycles. The zero-order valence-corrected chi connectivity index (χ0v) is 13.2. The third-order valence-corrected chi connectivity index (χ3v) is 4.87. The lowest BCUT2D eigenvalue weighted by molar-refractivity contribution is 0.0877. The van der Waals surface area contributed by atoms with Crippen molar-refractivity contribution in [3.63, 3.8) is 0 Å². The fourth-order valence-corrected chi connectivity index (χ4v) is 3.47. The number of carbonyl (C=O) groups excluding carboxylic acids is 1. The predicted octanol–water partition coefficient (Wildman–Crippen LogP) is 1.83. The Balaban J connectivity index is 2.00. The molecular formula is C14H24N4O2S. The van der Waals surface area contributed by atoms with Crippen LogP contribution in [0.5, 0.6) is 0 Å². The van der Waals surface area contributed by atoms with E-state index in [-0.39, 0.29) is 30.3 Å². The first-order chi connectivity index (χ1) is 10.2. The maximum absolute atomic E-state index is 12.4. The highest BCUT2D eigenvalue weighted by atomic mass is 32.1. The number of nitrogens with one attached hydrogen (secondary N) is 2. The van der Waals surface area contributed by atoms with Gasteiger partial charge in [0.2, 0.25) is 0 Å². The van der Waals surface area contributed by atoms with Gasteiger partial charge in [-0.1, -0.05) is 31.1 Å². The van der Waals surface area contributed by atoms with Gasteiger partial charge in [0.05, 0.1) is 0 Å². The molecule has 5 N–H and O–H groups in total. The van der Waals surface area contributed by atoms with Crippen LogP contribution in [0, 0.1) is 5.92 Å². The quantitative estimate of drug-likeness (QED) is 0.642. The Labute approximate surface area is 129 Å². The summed E-state index contributed by atoms with van der Waals surface area (Å²) in [6.45, 7) is 2.99. The molecule has 2 unspecified atom stereocenters. The number of rotatable bonds is 6. The van der Waals surface area contributed by atoms with Gasteiger partial charge in [-0.15, -0.1) is 0 Å².